The minimum atomic E-state index is -3.89. The van der Waals surface area contributed by atoms with E-state index in [9.17, 15) is 12.8 Å². The van der Waals surface area contributed by atoms with E-state index in [2.05, 4.69) is 15.8 Å². The van der Waals surface area contributed by atoms with Gasteiger partial charge in [-0.2, -0.15) is 0 Å². The number of aryl methyl sites for hydroxylation is 2. The van der Waals surface area contributed by atoms with Crippen molar-refractivity contribution in [3.63, 3.8) is 0 Å². The first-order chi connectivity index (χ1) is 13.3. The molecular formula is C20H21FN2O3S2. The summed E-state index contributed by atoms with van der Waals surface area (Å²) in [7, 11) is -2.54. The first-order valence-corrected chi connectivity index (χ1v) is 11.0. The van der Waals surface area contributed by atoms with Crippen molar-refractivity contribution >= 4 is 21.4 Å². The number of methoxy groups -OCH3 is 1. The van der Waals surface area contributed by atoms with Gasteiger partial charge in [0.15, 0.2) is 0 Å². The van der Waals surface area contributed by atoms with Gasteiger partial charge in [-0.1, -0.05) is 23.8 Å². The molecule has 0 saturated carbocycles. The van der Waals surface area contributed by atoms with Crippen LogP contribution in [0.2, 0.25) is 0 Å². The highest BCUT2D eigenvalue weighted by atomic mass is 32.2. The molecule has 0 bridgehead atoms. The smallest absolute Gasteiger partial charge is 0.244 e. The Bertz CT molecular complexity index is 1090. The van der Waals surface area contributed by atoms with E-state index >= 15 is 0 Å². The molecule has 0 aliphatic rings. The Balaban J connectivity index is 1.72. The molecule has 0 atom stereocenters. The van der Waals surface area contributed by atoms with Crippen molar-refractivity contribution in [2.45, 2.75) is 25.2 Å². The van der Waals surface area contributed by atoms with Crippen LogP contribution in [0.4, 0.5) is 4.39 Å². The Labute approximate surface area is 168 Å². The van der Waals surface area contributed by atoms with Crippen LogP contribution in [-0.4, -0.2) is 27.1 Å². The minimum Gasteiger partial charge on any atom is -0.495 e. The molecule has 0 unspecified atom stereocenters. The molecule has 1 N–H and O–H groups in total. The molecule has 5 nitrogen and oxygen atoms in total. The summed E-state index contributed by atoms with van der Waals surface area (Å²) >= 11 is 1.55. The van der Waals surface area contributed by atoms with Crippen molar-refractivity contribution < 1.29 is 17.5 Å². The van der Waals surface area contributed by atoms with Crippen molar-refractivity contribution in [1.82, 2.24) is 9.71 Å². The number of halogens is 1. The summed E-state index contributed by atoms with van der Waals surface area (Å²) in [6, 6.07) is 11.5. The Morgan fingerprint density at radius 2 is 1.96 bits per heavy atom. The molecule has 0 saturated heterocycles. The van der Waals surface area contributed by atoms with Crippen LogP contribution in [-0.2, 0) is 16.4 Å². The van der Waals surface area contributed by atoms with E-state index < -0.39 is 15.8 Å². The summed E-state index contributed by atoms with van der Waals surface area (Å²) in [5.74, 6) is -0.535. The number of aromatic nitrogens is 1. The van der Waals surface area contributed by atoms with Gasteiger partial charge in [0.2, 0.25) is 10.0 Å². The number of nitrogens with one attached hydrogen (secondary N) is 1. The zero-order valence-corrected chi connectivity index (χ0v) is 17.5. The molecule has 0 fully saturated rings. The van der Waals surface area contributed by atoms with Gasteiger partial charge in [-0.15, -0.1) is 11.3 Å². The van der Waals surface area contributed by atoms with Crippen molar-refractivity contribution in [2.24, 2.45) is 0 Å². The second-order valence-corrected chi connectivity index (χ2v) is 9.16. The van der Waals surface area contributed by atoms with Crippen LogP contribution in [0.25, 0.3) is 10.6 Å². The van der Waals surface area contributed by atoms with Gasteiger partial charge in [0.25, 0.3) is 0 Å². The number of hydrogen-bond donors (Lipinski definition) is 1. The largest absolute Gasteiger partial charge is 0.495 e. The second kappa shape index (κ2) is 8.38. The summed E-state index contributed by atoms with van der Waals surface area (Å²) in [6.45, 7) is 4.12. The number of hydrogen-bond acceptors (Lipinski definition) is 5. The molecule has 1 aromatic heterocycles. The third-order valence-corrected chi connectivity index (χ3v) is 6.97. The molecule has 0 spiro atoms. The number of rotatable bonds is 7. The lowest BCUT2D eigenvalue weighted by Gasteiger charge is -2.10. The van der Waals surface area contributed by atoms with Crippen LogP contribution in [0, 0.1) is 19.7 Å². The van der Waals surface area contributed by atoms with E-state index in [1.807, 2.05) is 32.0 Å². The molecule has 1 heterocycles. The monoisotopic (exact) mass is 420 g/mol. The van der Waals surface area contributed by atoms with Crippen LogP contribution < -0.4 is 9.46 Å². The van der Waals surface area contributed by atoms with E-state index in [1.165, 1.54) is 13.2 Å². The van der Waals surface area contributed by atoms with Crippen molar-refractivity contribution in [3.05, 3.63) is 64.4 Å². The van der Waals surface area contributed by atoms with E-state index in [-0.39, 0.29) is 17.2 Å². The second-order valence-electron chi connectivity index (χ2n) is 6.34. The Morgan fingerprint density at radius 3 is 2.68 bits per heavy atom. The predicted octanol–water partition coefficient (Wildman–Crippen LogP) is 4.10. The number of ether oxygens (including phenoxy) is 1. The SMILES string of the molecule is COc1ccc(F)cc1S(=O)(=O)NCCc1sc(-c2cccc(C)c2)nc1C. The molecule has 148 valence electrons. The zero-order chi connectivity index (χ0) is 20.3. The van der Waals surface area contributed by atoms with Crippen molar-refractivity contribution in [1.29, 1.82) is 0 Å². The van der Waals surface area contributed by atoms with E-state index in [0.717, 1.165) is 38.8 Å². The maximum Gasteiger partial charge on any atom is 0.244 e. The van der Waals surface area contributed by atoms with Crippen LogP contribution in [0.3, 0.4) is 0 Å². The van der Waals surface area contributed by atoms with Crippen LogP contribution in [0.5, 0.6) is 5.75 Å². The standard InChI is InChI=1S/C20H21FN2O3S2/c1-13-5-4-6-15(11-13)20-23-14(2)18(27-20)9-10-22-28(24,25)19-12-16(21)7-8-17(19)26-3/h4-8,11-12,22H,9-10H2,1-3H3. The number of nitrogens with zero attached hydrogens (tertiary/aromatic N) is 1. The quantitative estimate of drug-likeness (QED) is 0.625. The fourth-order valence-electron chi connectivity index (χ4n) is 2.80. The summed E-state index contributed by atoms with van der Waals surface area (Å²) in [6.07, 6.45) is 0.492. The van der Waals surface area contributed by atoms with Crippen LogP contribution in [0.15, 0.2) is 47.4 Å². The highest BCUT2D eigenvalue weighted by Crippen LogP contribution is 2.29. The van der Waals surface area contributed by atoms with E-state index in [4.69, 9.17) is 4.74 Å². The summed E-state index contributed by atoms with van der Waals surface area (Å²) in [4.78, 5) is 5.40. The number of thiazole rings is 1. The molecule has 0 aliphatic heterocycles. The molecule has 0 aliphatic carbocycles. The molecule has 3 aromatic rings. The van der Waals surface area contributed by atoms with Gasteiger partial charge in [0.1, 0.15) is 21.5 Å². The van der Waals surface area contributed by atoms with Gasteiger partial charge in [-0.05, 0) is 44.5 Å². The highest BCUT2D eigenvalue weighted by Gasteiger charge is 2.20. The van der Waals surface area contributed by atoms with Gasteiger partial charge in [0, 0.05) is 17.0 Å². The summed E-state index contributed by atoms with van der Waals surface area (Å²) in [5.41, 5.74) is 3.08. The van der Waals surface area contributed by atoms with Gasteiger partial charge >= 0.3 is 0 Å². The first kappa shape index (κ1) is 20.4. The molecule has 28 heavy (non-hydrogen) atoms. The predicted molar refractivity (Wildman–Crippen MR) is 109 cm³/mol. The van der Waals surface area contributed by atoms with Gasteiger partial charge in [-0.3, -0.25) is 0 Å². The normalized spacial score (nSPS) is 11.6. The highest BCUT2D eigenvalue weighted by molar-refractivity contribution is 7.89. The minimum absolute atomic E-state index is 0.101. The molecule has 2 aromatic carbocycles. The maximum absolute atomic E-state index is 13.5. The van der Waals surface area contributed by atoms with Crippen molar-refractivity contribution in [2.75, 3.05) is 13.7 Å². The molecule has 0 radical (unpaired) electrons. The number of sulfonamides is 1. The van der Waals surface area contributed by atoms with Gasteiger partial charge < -0.3 is 4.74 Å². The maximum atomic E-state index is 13.5. The third kappa shape index (κ3) is 4.57. The molecule has 0 amide bonds. The lowest BCUT2D eigenvalue weighted by Crippen LogP contribution is -2.26. The average Bonchev–Trinajstić information content (AvgIpc) is 3.02. The molecule has 3 rings (SSSR count). The molecular weight excluding hydrogens is 399 g/mol. The molecule has 8 heteroatoms. The number of benzene rings is 2. The summed E-state index contributed by atoms with van der Waals surface area (Å²) < 4.78 is 46.1. The fraction of sp³-hybridized carbons (Fsp3) is 0.250. The Kier molecular flexibility index (Phi) is 6.12. The lowest BCUT2D eigenvalue weighted by atomic mass is 10.1. The van der Waals surface area contributed by atoms with E-state index in [1.54, 1.807) is 11.3 Å². The zero-order valence-electron chi connectivity index (χ0n) is 15.8. The topological polar surface area (TPSA) is 68.3 Å². The van der Waals surface area contributed by atoms with Crippen LogP contribution in [0.1, 0.15) is 16.1 Å². The Hall–Kier alpha value is -2.29. The average molecular weight is 421 g/mol. The van der Waals surface area contributed by atoms with Crippen molar-refractivity contribution in [3.8, 4) is 16.3 Å². The first-order valence-electron chi connectivity index (χ1n) is 8.66. The van der Waals surface area contributed by atoms with Crippen LogP contribution >= 0.6 is 11.3 Å². The van der Waals surface area contributed by atoms with Gasteiger partial charge in [0.05, 0.1) is 12.8 Å². The Morgan fingerprint density at radius 1 is 1.18 bits per heavy atom. The summed E-state index contributed by atoms with van der Waals surface area (Å²) in [5, 5.41) is 0.908. The third-order valence-electron chi connectivity index (χ3n) is 4.22. The fourth-order valence-corrected chi connectivity index (χ4v) is 5.07. The van der Waals surface area contributed by atoms with E-state index in [0.29, 0.717) is 6.42 Å². The lowest BCUT2D eigenvalue weighted by molar-refractivity contribution is 0.400. The van der Waals surface area contributed by atoms with Gasteiger partial charge in [-0.25, -0.2) is 22.5 Å².